The molecular formula is C18H15F6NO2. The lowest BCUT2D eigenvalue weighted by Crippen LogP contribution is -2.20. The van der Waals surface area contributed by atoms with Gasteiger partial charge < -0.3 is 10.1 Å². The predicted molar refractivity (Wildman–Crippen MR) is 86.4 cm³/mol. The first-order chi connectivity index (χ1) is 12.5. The fraction of sp³-hybridized carbons (Fsp3) is 0.278. The highest BCUT2D eigenvalue weighted by atomic mass is 19.4. The molecule has 2 aromatic rings. The largest absolute Gasteiger partial charge is 0.484 e. The van der Waals surface area contributed by atoms with Crippen LogP contribution in [-0.2, 0) is 23.6 Å². The Morgan fingerprint density at radius 3 is 1.89 bits per heavy atom. The van der Waals surface area contributed by atoms with Crippen molar-refractivity contribution in [3.8, 4) is 5.75 Å². The highest BCUT2D eigenvalue weighted by Gasteiger charge is 2.37. The van der Waals surface area contributed by atoms with Crippen molar-refractivity contribution in [3.63, 3.8) is 0 Å². The molecule has 0 saturated heterocycles. The molecule has 0 heterocycles. The Morgan fingerprint density at radius 1 is 0.926 bits per heavy atom. The summed E-state index contributed by atoms with van der Waals surface area (Å²) in [5.74, 6) is -1.42. The minimum atomic E-state index is -4.98. The number of ether oxygens (including phenoxy) is 1. The minimum Gasteiger partial charge on any atom is -0.484 e. The Balaban J connectivity index is 2.10. The standard InChI is InChI=1S/C18H15F6NO2/c1-2-11-3-5-14(6-4-11)25-16(26)10-27-15-8-12(17(19,20)21)7-13(9-15)18(22,23)24/h3-9H,2,10H2,1H3,(H,25,26). The number of hydrogen-bond donors (Lipinski definition) is 1. The lowest BCUT2D eigenvalue weighted by Gasteiger charge is -2.14. The van der Waals surface area contributed by atoms with Crippen LogP contribution in [0.5, 0.6) is 5.75 Å². The first kappa shape index (κ1) is 20.6. The topological polar surface area (TPSA) is 38.3 Å². The van der Waals surface area contributed by atoms with E-state index in [1.807, 2.05) is 6.92 Å². The number of rotatable bonds is 5. The van der Waals surface area contributed by atoms with Crippen molar-refractivity contribution in [2.24, 2.45) is 0 Å². The summed E-state index contributed by atoms with van der Waals surface area (Å²) in [6, 6.07) is 7.63. The SMILES string of the molecule is CCc1ccc(NC(=O)COc2cc(C(F)(F)F)cc(C(F)(F)F)c2)cc1. The van der Waals surface area contributed by atoms with Crippen molar-refractivity contribution in [3.05, 3.63) is 59.2 Å². The first-order valence-corrected chi connectivity index (χ1v) is 7.80. The van der Waals surface area contributed by atoms with Crippen LogP contribution in [0.25, 0.3) is 0 Å². The third-order valence-corrected chi connectivity index (χ3v) is 3.58. The average Bonchev–Trinajstić information content (AvgIpc) is 2.59. The normalized spacial score (nSPS) is 12.0. The van der Waals surface area contributed by atoms with E-state index in [0.29, 0.717) is 17.8 Å². The number of carbonyl (C=O) groups excluding carboxylic acids is 1. The van der Waals surface area contributed by atoms with Gasteiger partial charge in [0.2, 0.25) is 0 Å². The van der Waals surface area contributed by atoms with Gasteiger partial charge in [0.05, 0.1) is 11.1 Å². The highest BCUT2D eigenvalue weighted by molar-refractivity contribution is 5.91. The lowest BCUT2D eigenvalue weighted by molar-refractivity contribution is -0.143. The molecule has 2 rings (SSSR count). The maximum absolute atomic E-state index is 12.8. The summed E-state index contributed by atoms with van der Waals surface area (Å²) in [5, 5.41) is 2.44. The van der Waals surface area contributed by atoms with E-state index in [9.17, 15) is 31.1 Å². The molecule has 0 fully saturated rings. The molecule has 0 aliphatic rings. The van der Waals surface area contributed by atoms with Gasteiger partial charge in [-0.25, -0.2) is 0 Å². The summed E-state index contributed by atoms with van der Waals surface area (Å²) < 4.78 is 81.5. The number of anilines is 1. The van der Waals surface area contributed by atoms with Gasteiger partial charge in [-0.1, -0.05) is 19.1 Å². The molecular weight excluding hydrogens is 376 g/mol. The monoisotopic (exact) mass is 391 g/mol. The van der Waals surface area contributed by atoms with E-state index >= 15 is 0 Å². The maximum Gasteiger partial charge on any atom is 0.416 e. The van der Waals surface area contributed by atoms with Crippen molar-refractivity contribution in [2.45, 2.75) is 25.7 Å². The lowest BCUT2D eigenvalue weighted by atomic mass is 10.1. The summed E-state index contributed by atoms with van der Waals surface area (Å²) in [6.45, 7) is 1.21. The molecule has 0 aliphatic heterocycles. The van der Waals surface area contributed by atoms with Crippen LogP contribution in [0.15, 0.2) is 42.5 Å². The average molecular weight is 391 g/mol. The molecule has 9 heteroatoms. The van der Waals surface area contributed by atoms with E-state index in [1.165, 1.54) is 0 Å². The highest BCUT2D eigenvalue weighted by Crippen LogP contribution is 2.38. The summed E-state index contributed by atoms with van der Waals surface area (Å²) >= 11 is 0. The Hall–Kier alpha value is -2.71. The van der Waals surface area contributed by atoms with E-state index < -0.39 is 41.7 Å². The first-order valence-electron chi connectivity index (χ1n) is 7.80. The van der Waals surface area contributed by atoms with Crippen LogP contribution in [0.1, 0.15) is 23.6 Å². The molecule has 3 nitrogen and oxygen atoms in total. The van der Waals surface area contributed by atoms with Crippen LogP contribution in [0.4, 0.5) is 32.0 Å². The molecule has 0 atom stereocenters. The van der Waals surface area contributed by atoms with Crippen LogP contribution in [0.2, 0.25) is 0 Å². The van der Waals surface area contributed by atoms with Crippen LogP contribution in [0, 0.1) is 0 Å². The number of nitrogens with one attached hydrogen (secondary N) is 1. The minimum absolute atomic E-state index is 0.0117. The van der Waals surface area contributed by atoms with Crippen molar-refractivity contribution in [1.29, 1.82) is 0 Å². The molecule has 0 unspecified atom stereocenters. The zero-order chi connectivity index (χ0) is 20.2. The van der Waals surface area contributed by atoms with Crippen molar-refractivity contribution >= 4 is 11.6 Å². The molecule has 1 N–H and O–H groups in total. The molecule has 2 aromatic carbocycles. The van der Waals surface area contributed by atoms with Gasteiger partial charge in [0.25, 0.3) is 5.91 Å². The van der Waals surface area contributed by atoms with E-state index in [4.69, 9.17) is 4.74 Å². The number of hydrogen-bond acceptors (Lipinski definition) is 2. The summed E-state index contributed by atoms with van der Waals surface area (Å²) in [4.78, 5) is 11.8. The quantitative estimate of drug-likeness (QED) is 0.702. The van der Waals surface area contributed by atoms with Crippen molar-refractivity contribution in [1.82, 2.24) is 0 Å². The van der Waals surface area contributed by atoms with Gasteiger partial charge in [0.15, 0.2) is 6.61 Å². The van der Waals surface area contributed by atoms with E-state index in [2.05, 4.69) is 5.32 Å². The number of amides is 1. The summed E-state index contributed by atoms with van der Waals surface area (Å²) in [7, 11) is 0. The zero-order valence-corrected chi connectivity index (χ0v) is 14.0. The van der Waals surface area contributed by atoms with Crippen LogP contribution in [-0.4, -0.2) is 12.5 Å². The fourth-order valence-corrected chi connectivity index (χ4v) is 2.18. The molecule has 0 aromatic heterocycles. The van der Waals surface area contributed by atoms with Crippen molar-refractivity contribution < 1.29 is 35.9 Å². The Morgan fingerprint density at radius 2 is 1.44 bits per heavy atom. The van der Waals surface area contributed by atoms with Crippen LogP contribution in [0.3, 0.4) is 0 Å². The van der Waals surface area contributed by atoms with Crippen LogP contribution >= 0.6 is 0 Å². The van der Waals surface area contributed by atoms with Gasteiger partial charge in [-0.15, -0.1) is 0 Å². The van der Waals surface area contributed by atoms with Gasteiger partial charge in [-0.3, -0.25) is 4.79 Å². The second-order valence-electron chi connectivity index (χ2n) is 5.63. The second-order valence-corrected chi connectivity index (χ2v) is 5.63. The maximum atomic E-state index is 12.8. The molecule has 0 saturated carbocycles. The van der Waals surface area contributed by atoms with Crippen molar-refractivity contribution in [2.75, 3.05) is 11.9 Å². The summed E-state index contributed by atoms with van der Waals surface area (Å²) in [6.07, 6.45) is -9.17. The van der Waals surface area contributed by atoms with Gasteiger partial charge in [0, 0.05) is 5.69 Å². The third-order valence-electron chi connectivity index (χ3n) is 3.58. The Bertz CT molecular complexity index is 765. The molecule has 27 heavy (non-hydrogen) atoms. The Kier molecular flexibility index (Phi) is 6.02. The second kappa shape index (κ2) is 7.89. The fourth-order valence-electron chi connectivity index (χ4n) is 2.18. The smallest absolute Gasteiger partial charge is 0.416 e. The molecule has 0 bridgehead atoms. The molecule has 0 radical (unpaired) electrons. The number of carbonyl (C=O) groups is 1. The molecule has 146 valence electrons. The predicted octanol–water partition coefficient (Wildman–Crippen LogP) is 5.30. The number of aryl methyl sites for hydroxylation is 1. The number of alkyl halides is 6. The van der Waals surface area contributed by atoms with Gasteiger partial charge >= 0.3 is 12.4 Å². The van der Waals surface area contributed by atoms with Gasteiger partial charge in [-0.2, -0.15) is 26.3 Å². The number of halogens is 6. The Labute approximate surface area is 150 Å². The van der Waals surface area contributed by atoms with E-state index in [1.54, 1.807) is 24.3 Å². The molecule has 0 spiro atoms. The van der Waals surface area contributed by atoms with Gasteiger partial charge in [0.1, 0.15) is 5.75 Å². The molecule has 0 aliphatic carbocycles. The third kappa shape index (κ3) is 5.90. The zero-order valence-electron chi connectivity index (χ0n) is 14.0. The van der Waals surface area contributed by atoms with Crippen LogP contribution < -0.4 is 10.1 Å². The van der Waals surface area contributed by atoms with E-state index in [-0.39, 0.29) is 6.07 Å². The van der Waals surface area contributed by atoms with E-state index in [0.717, 1.165) is 12.0 Å². The molecule has 1 amide bonds. The number of benzene rings is 2. The van der Waals surface area contributed by atoms with Gasteiger partial charge in [-0.05, 0) is 42.3 Å². The summed E-state index contributed by atoms with van der Waals surface area (Å²) in [5.41, 5.74) is -1.56.